The average molecular weight is 388 g/mol. The Bertz CT molecular complexity index is 1400. The van der Waals surface area contributed by atoms with Crippen LogP contribution in [0.3, 0.4) is 0 Å². The normalized spacial score (nSPS) is 10.6. The van der Waals surface area contributed by atoms with Crippen LogP contribution in [0.25, 0.3) is 16.6 Å². The minimum Gasteiger partial charge on any atom is -0.296 e. The van der Waals surface area contributed by atoms with E-state index >= 15 is 0 Å². The maximum absolute atomic E-state index is 14.8. The van der Waals surface area contributed by atoms with Crippen molar-refractivity contribution in [3.8, 4) is 17.5 Å². The van der Waals surface area contributed by atoms with Gasteiger partial charge in [0, 0.05) is 18.2 Å². The maximum atomic E-state index is 14.8. The lowest BCUT2D eigenvalue weighted by Gasteiger charge is -2.12. The van der Waals surface area contributed by atoms with Gasteiger partial charge >= 0.3 is 5.69 Å². The number of benzene rings is 3. The molecule has 0 unspecified atom stereocenters. The largest absolute Gasteiger partial charge is 0.336 e. The van der Waals surface area contributed by atoms with Gasteiger partial charge in [-0.25, -0.2) is 18.1 Å². The van der Waals surface area contributed by atoms with E-state index in [2.05, 4.69) is 11.8 Å². The van der Waals surface area contributed by atoms with Crippen molar-refractivity contribution in [1.29, 1.82) is 0 Å². The van der Waals surface area contributed by atoms with Crippen molar-refractivity contribution in [3.63, 3.8) is 0 Å². The summed E-state index contributed by atoms with van der Waals surface area (Å²) >= 11 is 0. The number of aromatic nitrogens is 2. The molecule has 0 spiro atoms. The fraction of sp³-hybridized carbons (Fsp3) is 0.0435. The smallest absolute Gasteiger partial charge is 0.296 e. The van der Waals surface area contributed by atoms with E-state index in [1.807, 2.05) is 6.07 Å². The molecular weight excluding hydrogens is 374 g/mol. The monoisotopic (exact) mass is 388 g/mol. The van der Waals surface area contributed by atoms with Gasteiger partial charge in [0.2, 0.25) is 0 Å². The molecule has 0 aliphatic rings. The predicted molar refractivity (Wildman–Crippen MR) is 107 cm³/mol. The molecule has 1 heterocycles. The minimum atomic E-state index is -1.04. The van der Waals surface area contributed by atoms with Crippen molar-refractivity contribution >= 4 is 10.9 Å². The Morgan fingerprint density at radius 2 is 1.38 bits per heavy atom. The molecule has 0 saturated carbocycles. The molecule has 0 radical (unpaired) electrons. The molecule has 0 saturated heterocycles. The van der Waals surface area contributed by atoms with Crippen molar-refractivity contribution in [1.82, 2.24) is 9.13 Å². The molecule has 0 bridgehead atoms. The highest BCUT2D eigenvalue weighted by Gasteiger charge is 2.19. The molecular formula is C23H14F2N2O2. The van der Waals surface area contributed by atoms with Crippen LogP contribution < -0.4 is 11.2 Å². The Kier molecular flexibility index (Phi) is 4.57. The molecule has 0 aliphatic carbocycles. The number of para-hydroxylation sites is 1. The van der Waals surface area contributed by atoms with Crippen molar-refractivity contribution in [3.05, 3.63) is 110 Å². The Morgan fingerprint density at radius 1 is 0.793 bits per heavy atom. The minimum absolute atomic E-state index is 0.0956. The summed E-state index contributed by atoms with van der Waals surface area (Å²) in [6.07, 6.45) is 0. The number of hydrogen-bond donors (Lipinski definition) is 0. The first-order valence-electron chi connectivity index (χ1n) is 8.74. The standard InChI is InChI=1S/C23H14F2N2O2/c1-26-20-10-6-5-9-17(20)22(28)27(23(26)29)21-18(24)13-16(14-19(21)25)12-11-15-7-3-2-4-8-15/h2-10,13-14H,1H3. The van der Waals surface area contributed by atoms with Gasteiger partial charge in [0.1, 0.15) is 5.69 Å². The zero-order valence-electron chi connectivity index (χ0n) is 15.3. The van der Waals surface area contributed by atoms with Gasteiger partial charge in [-0.3, -0.25) is 9.36 Å². The third kappa shape index (κ3) is 3.23. The van der Waals surface area contributed by atoms with E-state index in [0.717, 1.165) is 12.1 Å². The number of hydrogen-bond acceptors (Lipinski definition) is 2. The highest BCUT2D eigenvalue weighted by atomic mass is 19.1. The quantitative estimate of drug-likeness (QED) is 0.470. The highest BCUT2D eigenvalue weighted by Crippen LogP contribution is 2.18. The summed E-state index contributed by atoms with van der Waals surface area (Å²) in [7, 11) is 1.44. The van der Waals surface area contributed by atoms with Crippen molar-refractivity contribution in [2.75, 3.05) is 0 Å². The first-order valence-corrected chi connectivity index (χ1v) is 8.74. The van der Waals surface area contributed by atoms with E-state index in [0.29, 0.717) is 15.6 Å². The van der Waals surface area contributed by atoms with Crippen molar-refractivity contribution < 1.29 is 8.78 Å². The molecule has 0 fully saturated rings. The zero-order chi connectivity index (χ0) is 20.5. The van der Waals surface area contributed by atoms with E-state index in [9.17, 15) is 18.4 Å². The number of rotatable bonds is 1. The molecule has 4 rings (SSSR count). The number of nitrogens with zero attached hydrogens (tertiary/aromatic N) is 2. The van der Waals surface area contributed by atoms with Gasteiger partial charge in [0.15, 0.2) is 11.6 Å². The fourth-order valence-electron chi connectivity index (χ4n) is 3.12. The first-order chi connectivity index (χ1) is 14.0. The van der Waals surface area contributed by atoms with Gasteiger partial charge < -0.3 is 0 Å². The van der Waals surface area contributed by atoms with Crippen LogP contribution in [0.4, 0.5) is 8.78 Å². The molecule has 0 amide bonds. The zero-order valence-corrected chi connectivity index (χ0v) is 15.3. The molecule has 4 aromatic rings. The second-order valence-corrected chi connectivity index (χ2v) is 6.40. The molecule has 0 N–H and O–H groups in total. The maximum Gasteiger partial charge on any atom is 0.336 e. The number of aryl methyl sites for hydroxylation is 1. The Balaban J connectivity index is 1.91. The topological polar surface area (TPSA) is 44.0 Å². The third-order valence-corrected chi connectivity index (χ3v) is 4.54. The van der Waals surface area contributed by atoms with Gasteiger partial charge in [-0.1, -0.05) is 42.2 Å². The summed E-state index contributed by atoms with van der Waals surface area (Å²) in [5.74, 6) is 3.41. The van der Waals surface area contributed by atoms with E-state index in [4.69, 9.17) is 0 Å². The Morgan fingerprint density at radius 3 is 2.07 bits per heavy atom. The third-order valence-electron chi connectivity index (χ3n) is 4.54. The Hall–Kier alpha value is -3.98. The van der Waals surface area contributed by atoms with Crippen LogP contribution in [-0.4, -0.2) is 9.13 Å². The predicted octanol–water partition coefficient (Wildman–Crippen LogP) is 3.37. The lowest BCUT2D eigenvalue weighted by molar-refractivity contribution is 0.559. The summed E-state index contributed by atoms with van der Waals surface area (Å²) in [6.45, 7) is 0. The summed E-state index contributed by atoms with van der Waals surface area (Å²) < 4.78 is 31.3. The molecule has 29 heavy (non-hydrogen) atoms. The van der Waals surface area contributed by atoms with E-state index < -0.39 is 28.6 Å². The first kappa shape index (κ1) is 18.4. The van der Waals surface area contributed by atoms with Crippen LogP contribution in [0.1, 0.15) is 11.1 Å². The van der Waals surface area contributed by atoms with Gasteiger partial charge in [-0.05, 0) is 36.4 Å². The van der Waals surface area contributed by atoms with Gasteiger partial charge in [0.25, 0.3) is 5.56 Å². The lowest BCUT2D eigenvalue weighted by Crippen LogP contribution is -2.38. The van der Waals surface area contributed by atoms with Crippen LogP contribution in [0.5, 0.6) is 0 Å². The van der Waals surface area contributed by atoms with Crippen LogP contribution >= 0.6 is 0 Å². The molecule has 4 nitrogen and oxygen atoms in total. The molecule has 6 heteroatoms. The Labute approximate surface area is 164 Å². The number of halogens is 2. The summed E-state index contributed by atoms with van der Waals surface area (Å²) in [5.41, 5.74) is -1.17. The fourth-order valence-corrected chi connectivity index (χ4v) is 3.12. The van der Waals surface area contributed by atoms with E-state index in [1.54, 1.807) is 42.5 Å². The molecule has 142 valence electrons. The van der Waals surface area contributed by atoms with Gasteiger partial charge in [-0.2, -0.15) is 0 Å². The second kappa shape index (κ2) is 7.21. The van der Waals surface area contributed by atoms with E-state index in [-0.39, 0.29) is 10.9 Å². The summed E-state index contributed by atoms with van der Waals surface area (Å²) in [4.78, 5) is 25.5. The van der Waals surface area contributed by atoms with Gasteiger partial charge in [0.05, 0.1) is 10.9 Å². The van der Waals surface area contributed by atoms with Crippen LogP contribution in [0, 0.1) is 23.5 Å². The number of fused-ring (bicyclic) bond motifs is 1. The van der Waals surface area contributed by atoms with E-state index in [1.165, 1.54) is 17.7 Å². The molecule has 0 aliphatic heterocycles. The summed E-state index contributed by atoms with van der Waals surface area (Å²) in [6, 6.07) is 17.4. The summed E-state index contributed by atoms with van der Waals surface area (Å²) in [5, 5.41) is 0.182. The second-order valence-electron chi connectivity index (χ2n) is 6.40. The molecule has 1 aromatic heterocycles. The SMILES string of the molecule is Cn1c(=O)n(-c2c(F)cc(C#Cc3ccccc3)cc2F)c(=O)c2ccccc21. The van der Waals surface area contributed by atoms with Crippen LogP contribution in [0.2, 0.25) is 0 Å². The van der Waals surface area contributed by atoms with Crippen LogP contribution in [-0.2, 0) is 7.05 Å². The van der Waals surface area contributed by atoms with Crippen molar-refractivity contribution in [2.45, 2.75) is 0 Å². The molecule has 3 aromatic carbocycles. The van der Waals surface area contributed by atoms with Crippen LogP contribution in [0.15, 0.2) is 76.3 Å². The lowest BCUT2D eigenvalue weighted by atomic mass is 10.1. The van der Waals surface area contributed by atoms with Gasteiger partial charge in [-0.15, -0.1) is 0 Å². The van der Waals surface area contributed by atoms with Crippen molar-refractivity contribution in [2.24, 2.45) is 7.05 Å². The average Bonchev–Trinajstić information content (AvgIpc) is 2.73. The molecule has 0 atom stereocenters. The highest BCUT2D eigenvalue weighted by molar-refractivity contribution is 5.78.